The number of amides is 12. The minimum Gasteiger partial charge on any atom is -0.402 e. The van der Waals surface area contributed by atoms with E-state index in [4.69, 9.17) is 90.3 Å². The molecule has 0 spiro atoms. The summed E-state index contributed by atoms with van der Waals surface area (Å²) in [5.74, 6) is -8.20. The van der Waals surface area contributed by atoms with Gasteiger partial charge in [0.25, 0.3) is 17.7 Å². The summed E-state index contributed by atoms with van der Waals surface area (Å²) in [6.07, 6.45) is 3.12. The van der Waals surface area contributed by atoms with Crippen molar-refractivity contribution in [2.24, 2.45) is 34.4 Å². The number of carbonyl (C=O) groups is 12. The lowest BCUT2D eigenvalue weighted by atomic mass is 9.76. The van der Waals surface area contributed by atoms with Crippen molar-refractivity contribution in [3.05, 3.63) is 180 Å². The lowest BCUT2D eigenvalue weighted by Crippen LogP contribution is -2.50. The molecule has 42 heteroatoms. The standard InChI is InChI=1S/C22H27BN2O4.C20H25BN2O4.C19H29BN2O4.C16H23BN2O4.C13H25BN2O4.C12H23BN2O4/c1-21(2)22(3,4)29-23(28-21)18(14-19(24)26)25-20(27)17-12-10-16(11-13-17)15-8-6-5-7-9-15;1-19(2)20(3,4)27-21(26-19)16(12-17(22)24)23-18(25)15-10-9-13-7-5-6-8-14(13)11-15;1-18(2)19(3,4)26-20(25-18)15(13-16(21)23)22-17(24)12-8-11-14-9-6-5-7-10-14;1-15(2)16(3,4)23-17(22-15)12(10-13(18)20)19-14(21)11-8-6-5-7-9-11;1-6-7-11(18)16-9(8-10(15)17)14-19-12(2,3)13(4,5)20-14;1-6-10(17)15-8(7-9(14)16)13-18-11(2,3)12(4,5)19-13/h5-13,18H,14H2,1-4H3,(H2,24,26)(H,25,27);5-11,16H,12H2,1-4H3,(H2,22,24)(H,23,25);5-7,9-10,15H,8,11-13H2,1-4H3,(H2,21,23)(H,22,24);5-9,12H,10H2,1-4H3,(H2,18,20)(H,19,21);9H,6-8H2,1-5H3,(H2,15,17)(H,16,18);8H,6-7H2,1-5H3,(H2,14,16)(H,15,17)/t18-;16-;15-;12-;9-;8-/m111111/s1. The van der Waals surface area contributed by atoms with Crippen LogP contribution in [-0.2, 0) is 105 Å². The van der Waals surface area contributed by atoms with Crippen LogP contribution in [0.25, 0.3) is 21.9 Å². The van der Waals surface area contributed by atoms with Crippen molar-refractivity contribution < 1.29 is 113 Å². The second-order valence-corrected chi connectivity index (χ2v) is 42.8. The van der Waals surface area contributed by atoms with Crippen LogP contribution in [0.1, 0.15) is 287 Å². The molecule has 6 fully saturated rings. The van der Waals surface area contributed by atoms with E-state index in [-0.39, 0.29) is 74.0 Å². The first-order chi connectivity index (χ1) is 66.6. The molecule has 6 aromatic rings. The van der Waals surface area contributed by atoms with Crippen LogP contribution in [-0.4, -0.2) is 216 Å². The van der Waals surface area contributed by atoms with E-state index in [0.29, 0.717) is 36.0 Å². The SMILES string of the molecule is CC1(C)OB([C@@H](CC(N)=O)NC(=O)CCCc2ccccc2)OC1(C)C.CC1(C)OB([C@@H](CC(N)=O)NC(=O)c2ccc(-c3ccccc3)cc2)OC1(C)C.CC1(C)OB([C@@H](CC(N)=O)NC(=O)c2ccc3ccccc3c2)OC1(C)C.CC1(C)OB([C@@H](CC(N)=O)NC(=O)c2ccccc2)OC1(C)C.CCC(=O)N[C@H](CC(N)=O)B1OC(C)(C)C(C)(C)O1.CCCC(=O)N[C@H](CC(N)=O)B1OC(C)(C)C(C)(C)O1. The maximum atomic E-state index is 12.8. The van der Waals surface area contributed by atoms with Crippen LogP contribution in [0.15, 0.2) is 158 Å². The Balaban J connectivity index is 0.000000236. The summed E-state index contributed by atoms with van der Waals surface area (Å²) in [4.78, 5) is 142. The second kappa shape index (κ2) is 50.0. The average Bonchev–Trinajstić information content (AvgIpc) is 1.65. The van der Waals surface area contributed by atoms with Gasteiger partial charge in [0.05, 0.1) is 103 Å². The summed E-state index contributed by atoms with van der Waals surface area (Å²) >= 11 is 0. The van der Waals surface area contributed by atoms with Crippen LogP contribution in [0.3, 0.4) is 0 Å². The third-order valence-electron chi connectivity index (χ3n) is 27.9. The average molecular weight is 2000 g/mol. The number of nitrogens with one attached hydrogen (secondary N) is 6. The van der Waals surface area contributed by atoms with Gasteiger partial charge in [0.1, 0.15) is 0 Å². The van der Waals surface area contributed by atoms with Crippen molar-refractivity contribution in [2.75, 3.05) is 0 Å². The fourth-order valence-electron chi connectivity index (χ4n) is 15.2. The van der Waals surface area contributed by atoms with Crippen molar-refractivity contribution in [3.8, 4) is 11.1 Å². The Morgan fingerprint density at radius 2 is 0.486 bits per heavy atom. The smallest absolute Gasteiger partial charge is 0.402 e. The first-order valence-corrected chi connectivity index (χ1v) is 49.0. The Morgan fingerprint density at radius 3 is 0.771 bits per heavy atom. The minimum absolute atomic E-state index is 0.00766. The summed E-state index contributed by atoms with van der Waals surface area (Å²) in [5, 5.41) is 18.9. The number of hydrogen-bond acceptors (Lipinski definition) is 24. The van der Waals surface area contributed by atoms with Gasteiger partial charge in [0.15, 0.2) is 0 Å². The normalized spacial score (nSPS) is 19.8. The van der Waals surface area contributed by atoms with Gasteiger partial charge in [-0.15, -0.1) is 0 Å². The number of primary amides is 6. The molecule has 6 aliphatic heterocycles. The predicted molar refractivity (Wildman–Crippen MR) is 556 cm³/mol. The Labute approximate surface area is 850 Å². The monoisotopic (exact) mass is 2000 g/mol. The van der Waals surface area contributed by atoms with E-state index in [1.165, 1.54) is 5.56 Å². The largest absolute Gasteiger partial charge is 0.482 e. The summed E-state index contributed by atoms with van der Waals surface area (Å²) in [6.45, 7) is 49.6. The molecule has 12 rings (SSSR count). The summed E-state index contributed by atoms with van der Waals surface area (Å²) < 4.78 is 71.1. The molecule has 6 aromatic carbocycles. The highest BCUT2D eigenvalue weighted by atomic mass is 16.7. The van der Waals surface area contributed by atoms with Gasteiger partial charge in [-0.1, -0.05) is 135 Å². The first-order valence-electron chi connectivity index (χ1n) is 49.0. The topological polar surface area (TPSA) is 544 Å². The zero-order chi connectivity index (χ0) is 108. The van der Waals surface area contributed by atoms with Crippen molar-refractivity contribution >= 4 is 124 Å². The van der Waals surface area contributed by atoms with Crippen molar-refractivity contribution in [1.29, 1.82) is 0 Å². The Kier molecular flexibility index (Phi) is 41.7. The number of fused-ring (bicyclic) bond motifs is 1. The highest BCUT2D eigenvalue weighted by Crippen LogP contribution is 2.44. The molecule has 782 valence electrons. The molecule has 6 heterocycles. The molecule has 18 N–H and O–H groups in total. The first kappa shape index (κ1) is 120. The molecule has 6 aliphatic rings. The second-order valence-electron chi connectivity index (χ2n) is 42.8. The molecule has 36 nitrogen and oxygen atoms in total. The maximum Gasteiger partial charge on any atom is 0.482 e. The van der Waals surface area contributed by atoms with Gasteiger partial charge in [-0.2, -0.15) is 0 Å². The lowest BCUT2D eigenvalue weighted by molar-refractivity contribution is -0.123. The van der Waals surface area contributed by atoms with Crippen LogP contribution in [0.5, 0.6) is 0 Å². The van der Waals surface area contributed by atoms with Crippen molar-refractivity contribution in [2.45, 2.75) is 360 Å². The maximum absolute atomic E-state index is 12.8. The molecule has 0 radical (unpaired) electrons. The van der Waals surface area contributed by atoms with E-state index in [1.54, 1.807) is 49.4 Å². The molecular formula is C102H152B6N12O24. The van der Waals surface area contributed by atoms with E-state index in [2.05, 4.69) is 31.9 Å². The van der Waals surface area contributed by atoms with Crippen LogP contribution in [0, 0.1) is 0 Å². The predicted octanol–water partition coefficient (Wildman–Crippen LogP) is 9.86. The molecule has 0 saturated carbocycles. The van der Waals surface area contributed by atoms with Crippen LogP contribution in [0.4, 0.5) is 0 Å². The molecule has 12 amide bonds. The van der Waals surface area contributed by atoms with Gasteiger partial charge in [-0.3, -0.25) is 57.5 Å². The molecule has 144 heavy (non-hydrogen) atoms. The molecule has 6 saturated heterocycles. The molecule has 0 bridgehead atoms. The summed E-state index contributed by atoms with van der Waals surface area (Å²) in [6, 6.07) is 49.2. The third kappa shape index (κ3) is 33.8. The number of hydrogen-bond donors (Lipinski definition) is 12. The summed E-state index contributed by atoms with van der Waals surface area (Å²) in [5.41, 5.74) is 30.2. The van der Waals surface area contributed by atoms with Gasteiger partial charge in [-0.05, 0) is 249 Å². The van der Waals surface area contributed by atoms with Gasteiger partial charge >= 0.3 is 42.7 Å². The quantitative estimate of drug-likeness (QED) is 0.0165. The minimum atomic E-state index is -0.764. The van der Waals surface area contributed by atoms with Crippen LogP contribution >= 0.6 is 0 Å². The van der Waals surface area contributed by atoms with E-state index >= 15 is 0 Å². The molecular weight excluding hydrogens is 1840 g/mol. The number of aryl methyl sites for hydroxylation is 1. The molecule has 0 aliphatic carbocycles. The number of carbonyl (C=O) groups excluding carboxylic acids is 12. The van der Waals surface area contributed by atoms with E-state index in [1.807, 2.05) is 288 Å². The van der Waals surface area contributed by atoms with Gasteiger partial charge in [-0.25, -0.2) is 0 Å². The Bertz CT molecular complexity index is 5290. The van der Waals surface area contributed by atoms with Crippen LogP contribution in [0.2, 0.25) is 0 Å². The molecule has 6 atom stereocenters. The number of rotatable bonds is 35. The highest BCUT2D eigenvalue weighted by Gasteiger charge is 2.60. The zero-order valence-corrected chi connectivity index (χ0v) is 88.7. The zero-order valence-electron chi connectivity index (χ0n) is 88.7. The van der Waals surface area contributed by atoms with Gasteiger partial charge in [0, 0.05) is 74.5 Å². The fraction of sp³-hybridized carbons (Fsp3) is 0.549. The Morgan fingerprint density at radius 1 is 0.257 bits per heavy atom. The lowest BCUT2D eigenvalue weighted by Gasteiger charge is -2.32. The van der Waals surface area contributed by atoms with E-state index in [0.717, 1.165) is 41.2 Å². The fourth-order valence-corrected chi connectivity index (χ4v) is 15.2. The number of benzene rings is 6. The summed E-state index contributed by atoms with van der Waals surface area (Å²) in [7, 11) is -4.31. The van der Waals surface area contributed by atoms with Crippen LogP contribution < -0.4 is 66.3 Å². The third-order valence-corrected chi connectivity index (χ3v) is 27.9. The van der Waals surface area contributed by atoms with E-state index < -0.39 is 181 Å². The molecule has 0 aromatic heterocycles. The Hall–Kier alpha value is -10.9. The molecule has 0 unspecified atom stereocenters. The van der Waals surface area contributed by atoms with Crippen molar-refractivity contribution in [1.82, 2.24) is 31.9 Å². The van der Waals surface area contributed by atoms with Crippen molar-refractivity contribution in [3.63, 3.8) is 0 Å². The van der Waals surface area contributed by atoms with Gasteiger partial charge in [0.2, 0.25) is 53.2 Å². The number of nitrogens with two attached hydrogens (primary N) is 6. The van der Waals surface area contributed by atoms with E-state index in [9.17, 15) is 57.5 Å². The highest BCUT2D eigenvalue weighted by molar-refractivity contribution is 6.51. The van der Waals surface area contributed by atoms with Gasteiger partial charge < -0.3 is 122 Å².